The molecule has 3 aromatic rings. The summed E-state index contributed by atoms with van der Waals surface area (Å²) in [6, 6.07) is 5.12. The minimum absolute atomic E-state index is 0.0259. The number of rotatable bonds is 9. The van der Waals surface area contributed by atoms with Gasteiger partial charge in [0.2, 0.25) is 0 Å². The molecule has 1 aliphatic heterocycles. The van der Waals surface area contributed by atoms with Crippen LogP contribution < -0.4 is 10.1 Å². The zero-order valence-corrected chi connectivity index (χ0v) is 23.6. The lowest BCUT2D eigenvalue weighted by atomic mass is 9.96. The molecule has 0 radical (unpaired) electrons. The number of halogens is 4. The Hall–Kier alpha value is -3.03. The quantitative estimate of drug-likeness (QED) is 0.311. The van der Waals surface area contributed by atoms with Gasteiger partial charge in [-0.2, -0.15) is 8.78 Å². The predicted octanol–water partition coefficient (Wildman–Crippen LogP) is 5.51. The molecule has 2 aliphatic rings. The van der Waals surface area contributed by atoms with Gasteiger partial charge in [0.15, 0.2) is 9.84 Å². The maximum absolute atomic E-state index is 15.3. The van der Waals surface area contributed by atoms with Crippen molar-refractivity contribution in [2.75, 3.05) is 18.5 Å². The molecule has 1 saturated carbocycles. The van der Waals surface area contributed by atoms with E-state index in [-0.39, 0.29) is 40.9 Å². The van der Waals surface area contributed by atoms with Crippen molar-refractivity contribution in [1.29, 1.82) is 0 Å². The average Bonchev–Trinajstić information content (AvgIpc) is 3.35. The van der Waals surface area contributed by atoms with E-state index in [0.717, 1.165) is 12.5 Å². The summed E-state index contributed by atoms with van der Waals surface area (Å²) in [5.41, 5.74) is -1.21. The Morgan fingerprint density at radius 3 is 2.51 bits per heavy atom. The SMILES string of the molecule is Cc1nc(N[C@H](C)c2cccc(C(F)(F)C(C)(O)F)c2F)c2cc(O[C@H]3CCOC3)c(S(=O)(=O)C3CCC3)cc2n1. The Balaban J connectivity index is 1.57. The number of sulfone groups is 1. The van der Waals surface area contributed by atoms with E-state index >= 15 is 4.39 Å². The third-order valence-corrected chi connectivity index (χ3v) is 9.89. The molecule has 1 aliphatic carbocycles. The number of nitrogens with one attached hydrogen (secondary N) is 1. The minimum atomic E-state index is -4.51. The number of fused-ring (bicyclic) bond motifs is 1. The molecule has 222 valence electrons. The van der Waals surface area contributed by atoms with Crippen molar-refractivity contribution >= 4 is 26.6 Å². The number of nitrogens with zero attached hydrogens (tertiary/aromatic N) is 2. The molecule has 1 unspecified atom stereocenters. The topological polar surface area (TPSA) is 111 Å². The molecular weight excluding hydrogens is 566 g/mol. The summed E-state index contributed by atoms with van der Waals surface area (Å²) in [7, 11) is -3.71. The van der Waals surface area contributed by atoms with Gasteiger partial charge in [0.05, 0.1) is 35.6 Å². The summed E-state index contributed by atoms with van der Waals surface area (Å²) in [6.45, 7) is 4.14. The monoisotopic (exact) mass is 597 g/mol. The van der Waals surface area contributed by atoms with Crippen molar-refractivity contribution < 1.29 is 40.6 Å². The van der Waals surface area contributed by atoms with Crippen molar-refractivity contribution in [3.8, 4) is 5.75 Å². The number of aryl methyl sites for hydroxylation is 1. The van der Waals surface area contributed by atoms with Crippen LogP contribution in [-0.2, 0) is 20.5 Å². The first-order chi connectivity index (χ1) is 19.2. The van der Waals surface area contributed by atoms with Crippen molar-refractivity contribution in [2.24, 2.45) is 0 Å². The Kier molecular flexibility index (Phi) is 7.66. The molecule has 0 bridgehead atoms. The molecule has 1 saturated heterocycles. The fraction of sp³-hybridized carbons (Fsp3) is 0.500. The highest BCUT2D eigenvalue weighted by Crippen LogP contribution is 2.43. The maximum atomic E-state index is 15.3. The Morgan fingerprint density at radius 2 is 1.90 bits per heavy atom. The van der Waals surface area contributed by atoms with E-state index in [4.69, 9.17) is 9.47 Å². The maximum Gasteiger partial charge on any atom is 0.333 e. The van der Waals surface area contributed by atoms with Crippen LogP contribution in [-0.4, -0.2) is 53.9 Å². The third-order valence-electron chi connectivity index (χ3n) is 7.61. The summed E-state index contributed by atoms with van der Waals surface area (Å²) in [5.74, 6) is -9.28. The molecule has 3 atom stereocenters. The van der Waals surface area contributed by atoms with Gasteiger partial charge in [-0.05, 0) is 44.9 Å². The van der Waals surface area contributed by atoms with Crippen LogP contribution in [0.3, 0.4) is 0 Å². The van der Waals surface area contributed by atoms with E-state index in [0.29, 0.717) is 49.4 Å². The number of benzene rings is 2. The molecule has 0 amide bonds. The summed E-state index contributed by atoms with van der Waals surface area (Å²) in [6.07, 6.45) is 2.17. The van der Waals surface area contributed by atoms with E-state index < -0.39 is 44.3 Å². The first-order valence-electron chi connectivity index (χ1n) is 13.4. The fourth-order valence-corrected chi connectivity index (χ4v) is 6.96. The van der Waals surface area contributed by atoms with Crippen LogP contribution >= 0.6 is 0 Å². The van der Waals surface area contributed by atoms with Gasteiger partial charge >= 0.3 is 5.92 Å². The second kappa shape index (κ2) is 10.7. The number of aliphatic hydroxyl groups is 1. The van der Waals surface area contributed by atoms with Crippen LogP contribution in [0.15, 0.2) is 35.2 Å². The van der Waals surface area contributed by atoms with E-state index in [1.165, 1.54) is 25.1 Å². The molecule has 2 N–H and O–H groups in total. The highest BCUT2D eigenvalue weighted by Gasteiger charge is 2.53. The summed E-state index contributed by atoms with van der Waals surface area (Å²) in [4.78, 5) is 8.86. The molecule has 0 spiro atoms. The average molecular weight is 598 g/mol. The molecule has 5 rings (SSSR count). The number of hydrogen-bond acceptors (Lipinski definition) is 8. The zero-order valence-electron chi connectivity index (χ0n) is 22.8. The number of ether oxygens (including phenoxy) is 2. The lowest BCUT2D eigenvalue weighted by Gasteiger charge is -2.27. The minimum Gasteiger partial charge on any atom is -0.487 e. The number of aromatic nitrogens is 2. The fourth-order valence-electron chi connectivity index (χ4n) is 4.98. The van der Waals surface area contributed by atoms with Crippen LogP contribution in [0.4, 0.5) is 23.4 Å². The normalized spacial score (nSPS) is 20.4. The van der Waals surface area contributed by atoms with E-state index in [2.05, 4.69) is 15.3 Å². The van der Waals surface area contributed by atoms with E-state index in [9.17, 15) is 26.7 Å². The Labute approximate surface area is 235 Å². The molecule has 2 heterocycles. The van der Waals surface area contributed by atoms with E-state index in [1.54, 1.807) is 6.92 Å². The van der Waals surface area contributed by atoms with Gasteiger partial charge in [0, 0.05) is 24.3 Å². The van der Waals surface area contributed by atoms with Crippen molar-refractivity contribution in [1.82, 2.24) is 9.97 Å². The Morgan fingerprint density at radius 1 is 1.17 bits per heavy atom. The largest absolute Gasteiger partial charge is 0.487 e. The molecule has 8 nitrogen and oxygen atoms in total. The number of hydrogen-bond donors (Lipinski definition) is 2. The van der Waals surface area contributed by atoms with E-state index in [1.807, 2.05) is 0 Å². The molecular formula is C28H31F4N3O5S. The highest BCUT2D eigenvalue weighted by atomic mass is 32.2. The van der Waals surface area contributed by atoms with Gasteiger partial charge in [0.25, 0.3) is 5.85 Å². The molecule has 2 aromatic carbocycles. The van der Waals surface area contributed by atoms with Crippen LogP contribution in [0.2, 0.25) is 0 Å². The first kappa shape index (κ1) is 29.5. The van der Waals surface area contributed by atoms with Crippen LogP contribution in [0, 0.1) is 12.7 Å². The third kappa shape index (κ3) is 5.46. The molecule has 1 aromatic heterocycles. The number of anilines is 1. The standard InChI is InChI=1S/C28H31F4N3O5S/c1-15(19-8-5-9-21(25(19)29)28(31,32)27(3,30)36)33-26-20-12-23(40-17-10-11-39-14-17)24(13-22(20)34-16(2)35-26)41(37,38)18-6-4-7-18/h5,8-9,12-13,15,17-18,36H,4,6-7,10-11,14H2,1-3H3,(H,33,34,35)/t15-,17+,27?/m1/s1. The first-order valence-corrected chi connectivity index (χ1v) is 14.9. The van der Waals surface area contributed by atoms with Gasteiger partial charge in [-0.25, -0.2) is 27.2 Å². The van der Waals surface area contributed by atoms with Crippen molar-refractivity contribution in [3.05, 3.63) is 53.1 Å². The zero-order chi connectivity index (χ0) is 29.7. The molecule has 41 heavy (non-hydrogen) atoms. The summed E-state index contributed by atoms with van der Waals surface area (Å²) >= 11 is 0. The van der Waals surface area contributed by atoms with Gasteiger partial charge in [0.1, 0.15) is 34.2 Å². The lowest BCUT2D eigenvalue weighted by molar-refractivity contribution is -0.249. The highest BCUT2D eigenvalue weighted by molar-refractivity contribution is 7.92. The van der Waals surface area contributed by atoms with Gasteiger partial charge in [-0.3, -0.25) is 0 Å². The van der Waals surface area contributed by atoms with Gasteiger partial charge < -0.3 is 19.9 Å². The molecule has 13 heteroatoms. The molecule has 2 fully saturated rings. The van der Waals surface area contributed by atoms with Gasteiger partial charge in [-0.15, -0.1) is 0 Å². The second-order valence-corrected chi connectivity index (χ2v) is 12.9. The van der Waals surface area contributed by atoms with Gasteiger partial charge in [-0.1, -0.05) is 18.6 Å². The van der Waals surface area contributed by atoms with Crippen LogP contribution in [0.1, 0.15) is 62.5 Å². The second-order valence-electron chi connectivity index (χ2n) is 10.7. The number of alkyl halides is 3. The van der Waals surface area contributed by atoms with Crippen LogP contribution in [0.5, 0.6) is 5.75 Å². The lowest BCUT2D eigenvalue weighted by Crippen LogP contribution is -2.39. The van der Waals surface area contributed by atoms with Crippen molar-refractivity contribution in [3.63, 3.8) is 0 Å². The van der Waals surface area contributed by atoms with Crippen molar-refractivity contribution in [2.45, 2.75) is 80.5 Å². The van der Waals surface area contributed by atoms with Crippen LogP contribution in [0.25, 0.3) is 10.9 Å². The smallest absolute Gasteiger partial charge is 0.333 e. The predicted molar refractivity (Wildman–Crippen MR) is 143 cm³/mol. The summed E-state index contributed by atoms with van der Waals surface area (Å²) < 4.78 is 96.7. The summed E-state index contributed by atoms with van der Waals surface area (Å²) in [5, 5.41) is 12.2. The Bertz CT molecular complexity index is 1570.